The molecule has 0 spiro atoms. The second kappa shape index (κ2) is 4.99. The fourth-order valence-corrected chi connectivity index (χ4v) is 1.39. The summed E-state index contributed by atoms with van der Waals surface area (Å²) in [5.74, 6) is -0.859. The van der Waals surface area contributed by atoms with Crippen LogP contribution in [0, 0.1) is 0 Å². The Labute approximate surface area is 77.6 Å². The Kier molecular flexibility index (Phi) is 3.92. The molecule has 0 saturated heterocycles. The smallest absolute Gasteiger partial charge is 0.323 e. The first-order valence-corrected chi connectivity index (χ1v) is 4.38. The number of allylic oxidation sites excluding steroid dienone is 1. The van der Waals surface area contributed by atoms with E-state index in [0.717, 1.165) is 12.8 Å². The molecule has 0 amide bonds. The van der Waals surface area contributed by atoms with E-state index in [0.29, 0.717) is 0 Å². The van der Waals surface area contributed by atoms with Crippen LogP contribution in [-0.2, 0) is 9.53 Å². The molecular weight excluding hydrogens is 170 g/mol. The van der Waals surface area contributed by atoms with Gasteiger partial charge in [-0.2, -0.15) is 0 Å². The monoisotopic (exact) mass is 185 g/mol. The van der Waals surface area contributed by atoms with Gasteiger partial charge < -0.3 is 9.84 Å². The van der Waals surface area contributed by atoms with Crippen molar-refractivity contribution in [2.75, 3.05) is 13.7 Å². The molecular formula is C9H15NO3. The van der Waals surface area contributed by atoms with Gasteiger partial charge in [0, 0.05) is 13.2 Å². The van der Waals surface area contributed by atoms with E-state index >= 15 is 0 Å². The zero-order valence-corrected chi connectivity index (χ0v) is 7.69. The minimum absolute atomic E-state index is 0.191. The number of carboxylic acids is 1. The second-order valence-electron chi connectivity index (χ2n) is 3.12. The van der Waals surface area contributed by atoms with Crippen LogP contribution in [0.5, 0.6) is 0 Å². The third-order valence-corrected chi connectivity index (χ3v) is 2.06. The number of carboxylic acid groups (broad SMARTS) is 1. The molecule has 0 radical (unpaired) electrons. The molecule has 0 heterocycles. The van der Waals surface area contributed by atoms with Crippen molar-refractivity contribution < 1.29 is 14.6 Å². The van der Waals surface area contributed by atoms with Crippen LogP contribution in [0.1, 0.15) is 12.8 Å². The zero-order valence-electron chi connectivity index (χ0n) is 7.69. The lowest BCUT2D eigenvalue weighted by Gasteiger charge is -2.17. The van der Waals surface area contributed by atoms with Crippen LogP contribution in [-0.4, -0.2) is 36.9 Å². The summed E-state index contributed by atoms with van der Waals surface area (Å²) in [4.78, 5) is 10.7. The topological polar surface area (TPSA) is 58.6 Å². The summed E-state index contributed by atoms with van der Waals surface area (Å²) in [6.07, 6.45) is 6.07. The number of nitrogens with one attached hydrogen (secondary N) is 1. The molecule has 0 fully saturated rings. The average molecular weight is 185 g/mol. The van der Waals surface area contributed by atoms with Crippen LogP contribution in [0.15, 0.2) is 12.2 Å². The van der Waals surface area contributed by atoms with Gasteiger partial charge in [0.25, 0.3) is 0 Å². The van der Waals surface area contributed by atoms with Crippen molar-refractivity contribution in [2.24, 2.45) is 0 Å². The lowest BCUT2D eigenvalue weighted by molar-refractivity contribution is -0.141. The molecule has 2 atom stereocenters. The van der Waals surface area contributed by atoms with E-state index < -0.39 is 12.0 Å². The molecule has 1 aliphatic rings. The Hall–Kier alpha value is -0.870. The predicted molar refractivity (Wildman–Crippen MR) is 48.6 cm³/mol. The van der Waals surface area contributed by atoms with Crippen molar-refractivity contribution in [2.45, 2.75) is 24.9 Å². The number of carbonyl (C=O) groups is 1. The lowest BCUT2D eigenvalue weighted by atomic mass is 10.2. The van der Waals surface area contributed by atoms with Crippen LogP contribution >= 0.6 is 0 Å². The molecule has 1 rings (SSSR count). The molecule has 0 unspecified atom stereocenters. The molecule has 0 aromatic heterocycles. The van der Waals surface area contributed by atoms with Gasteiger partial charge in [-0.1, -0.05) is 12.2 Å². The van der Waals surface area contributed by atoms with E-state index in [2.05, 4.69) is 11.4 Å². The van der Waals surface area contributed by atoms with Gasteiger partial charge in [-0.15, -0.1) is 0 Å². The summed E-state index contributed by atoms with van der Waals surface area (Å²) in [5, 5.41) is 11.8. The quantitative estimate of drug-likeness (QED) is 0.608. The molecule has 74 valence electrons. The van der Waals surface area contributed by atoms with Crippen LogP contribution in [0.4, 0.5) is 0 Å². The molecule has 4 heteroatoms. The van der Waals surface area contributed by atoms with Gasteiger partial charge in [0.1, 0.15) is 6.04 Å². The van der Waals surface area contributed by atoms with Crippen molar-refractivity contribution >= 4 is 5.97 Å². The van der Waals surface area contributed by atoms with Gasteiger partial charge >= 0.3 is 5.97 Å². The van der Waals surface area contributed by atoms with Crippen LogP contribution in [0.25, 0.3) is 0 Å². The number of hydrogen-bond donors (Lipinski definition) is 2. The maximum absolute atomic E-state index is 10.7. The molecule has 0 aromatic carbocycles. The summed E-state index contributed by atoms with van der Waals surface area (Å²) in [7, 11) is 1.50. The number of aliphatic carboxylic acids is 1. The van der Waals surface area contributed by atoms with Crippen molar-refractivity contribution in [3.8, 4) is 0 Å². The molecule has 0 aromatic rings. The largest absolute Gasteiger partial charge is 0.480 e. The molecule has 0 bridgehead atoms. The Bertz CT molecular complexity index is 203. The van der Waals surface area contributed by atoms with E-state index in [1.165, 1.54) is 7.11 Å². The Balaban J connectivity index is 2.37. The third kappa shape index (κ3) is 3.16. The van der Waals surface area contributed by atoms with Gasteiger partial charge in [0.2, 0.25) is 0 Å². The van der Waals surface area contributed by atoms with E-state index in [1.807, 2.05) is 6.08 Å². The molecule has 0 saturated carbocycles. The predicted octanol–water partition coefficient (Wildman–Crippen LogP) is 0.394. The van der Waals surface area contributed by atoms with Gasteiger partial charge in [0.15, 0.2) is 0 Å². The summed E-state index contributed by atoms with van der Waals surface area (Å²) in [5.41, 5.74) is 0. The molecule has 13 heavy (non-hydrogen) atoms. The van der Waals surface area contributed by atoms with Crippen molar-refractivity contribution in [1.29, 1.82) is 0 Å². The Morgan fingerprint density at radius 3 is 3.08 bits per heavy atom. The fourth-order valence-electron chi connectivity index (χ4n) is 1.39. The second-order valence-corrected chi connectivity index (χ2v) is 3.12. The number of rotatable bonds is 5. The van der Waals surface area contributed by atoms with E-state index in [4.69, 9.17) is 9.84 Å². The summed E-state index contributed by atoms with van der Waals surface area (Å²) < 4.78 is 4.81. The zero-order chi connectivity index (χ0) is 9.68. The molecule has 2 N–H and O–H groups in total. The average Bonchev–Trinajstić information content (AvgIpc) is 2.56. The number of ether oxygens (including phenoxy) is 1. The van der Waals surface area contributed by atoms with Crippen molar-refractivity contribution in [3.63, 3.8) is 0 Å². The standard InChI is InChI=1S/C9H15NO3/c1-13-6-8(9(11)12)10-7-4-2-3-5-7/h2,4,7-8,10H,3,5-6H2,1H3,(H,11,12)/t7-,8+/m1/s1. The number of hydrogen-bond acceptors (Lipinski definition) is 3. The maximum Gasteiger partial charge on any atom is 0.323 e. The molecule has 4 nitrogen and oxygen atoms in total. The van der Waals surface area contributed by atoms with Gasteiger partial charge in [-0.3, -0.25) is 10.1 Å². The van der Waals surface area contributed by atoms with E-state index in [9.17, 15) is 4.79 Å². The maximum atomic E-state index is 10.7. The first-order valence-electron chi connectivity index (χ1n) is 4.38. The van der Waals surface area contributed by atoms with Crippen LogP contribution in [0.3, 0.4) is 0 Å². The normalized spacial score (nSPS) is 23.3. The first kappa shape index (κ1) is 10.2. The fraction of sp³-hybridized carbons (Fsp3) is 0.667. The Morgan fingerprint density at radius 1 is 1.85 bits per heavy atom. The minimum Gasteiger partial charge on any atom is -0.480 e. The lowest BCUT2D eigenvalue weighted by Crippen LogP contribution is -2.44. The molecule has 0 aliphatic heterocycles. The summed E-state index contributed by atoms with van der Waals surface area (Å²) in [6.45, 7) is 0.208. The Morgan fingerprint density at radius 2 is 2.62 bits per heavy atom. The van der Waals surface area contributed by atoms with Crippen molar-refractivity contribution in [1.82, 2.24) is 5.32 Å². The van der Waals surface area contributed by atoms with Crippen LogP contribution in [0.2, 0.25) is 0 Å². The van der Waals surface area contributed by atoms with Gasteiger partial charge in [-0.25, -0.2) is 0 Å². The van der Waals surface area contributed by atoms with Gasteiger partial charge in [0.05, 0.1) is 6.61 Å². The first-order chi connectivity index (χ1) is 6.24. The third-order valence-electron chi connectivity index (χ3n) is 2.06. The summed E-state index contributed by atoms with van der Waals surface area (Å²) >= 11 is 0. The highest BCUT2D eigenvalue weighted by molar-refractivity contribution is 5.73. The number of methoxy groups -OCH3 is 1. The van der Waals surface area contributed by atoms with Crippen molar-refractivity contribution in [3.05, 3.63) is 12.2 Å². The highest BCUT2D eigenvalue weighted by atomic mass is 16.5. The van der Waals surface area contributed by atoms with E-state index in [-0.39, 0.29) is 12.6 Å². The highest BCUT2D eigenvalue weighted by Crippen LogP contribution is 2.09. The van der Waals surface area contributed by atoms with E-state index in [1.54, 1.807) is 0 Å². The van der Waals surface area contributed by atoms with Gasteiger partial charge in [-0.05, 0) is 12.8 Å². The molecule has 1 aliphatic carbocycles. The van der Waals surface area contributed by atoms with Crippen LogP contribution < -0.4 is 5.32 Å². The SMILES string of the molecule is COC[C@H](N[C@@H]1C=CCC1)C(=O)O. The highest BCUT2D eigenvalue weighted by Gasteiger charge is 2.20. The minimum atomic E-state index is -0.859. The summed E-state index contributed by atoms with van der Waals surface area (Å²) in [6, 6.07) is -0.408.